The third-order valence-corrected chi connectivity index (χ3v) is 9.68. The molecule has 12 nitrogen and oxygen atoms in total. The zero-order valence-corrected chi connectivity index (χ0v) is 26.8. The molecule has 7 rings (SSSR count). The largest absolute Gasteiger partial charge is 0.390 e. The average molecular weight is 661 g/mol. The summed E-state index contributed by atoms with van der Waals surface area (Å²) in [6, 6.07) is 9.67. The van der Waals surface area contributed by atoms with Crippen molar-refractivity contribution >= 4 is 23.1 Å². The van der Waals surface area contributed by atoms with Gasteiger partial charge in [0.2, 0.25) is 5.91 Å². The SMILES string of the molecule is Cc1cc(C(=O)N2CCN(C3CC(C(=O)Nc4cc5cc(-c6cnc(CO[C@H]7CC(F)(F)C[C@@H]7O)nc6)ccn5n4)C3)[C@@H](C)C2)ccn1. The molecule has 0 bridgehead atoms. The van der Waals surface area contributed by atoms with E-state index in [2.05, 4.69) is 37.2 Å². The predicted octanol–water partition coefficient (Wildman–Crippen LogP) is 3.73. The second kappa shape index (κ2) is 12.9. The van der Waals surface area contributed by atoms with Crippen LogP contribution in [0.2, 0.25) is 0 Å². The van der Waals surface area contributed by atoms with Crippen molar-refractivity contribution < 1.29 is 28.2 Å². The highest BCUT2D eigenvalue weighted by Crippen LogP contribution is 2.37. The summed E-state index contributed by atoms with van der Waals surface area (Å²) in [5.74, 6) is -2.25. The van der Waals surface area contributed by atoms with Crippen molar-refractivity contribution in [3.63, 3.8) is 0 Å². The van der Waals surface area contributed by atoms with Crippen LogP contribution in [0.3, 0.4) is 0 Å². The van der Waals surface area contributed by atoms with Gasteiger partial charge in [-0.05, 0) is 56.5 Å². The van der Waals surface area contributed by atoms with Crippen molar-refractivity contribution in [2.45, 2.75) is 76.4 Å². The number of hydrogen-bond donors (Lipinski definition) is 2. The van der Waals surface area contributed by atoms with Gasteiger partial charge in [0.15, 0.2) is 11.6 Å². The number of carbonyl (C=O) groups is 2. The highest BCUT2D eigenvalue weighted by Gasteiger charge is 2.46. The lowest BCUT2D eigenvalue weighted by molar-refractivity contribution is -0.125. The Labute approximate surface area is 276 Å². The number of nitrogens with zero attached hydrogens (tertiary/aromatic N) is 7. The van der Waals surface area contributed by atoms with Crippen LogP contribution in [0.5, 0.6) is 0 Å². The summed E-state index contributed by atoms with van der Waals surface area (Å²) in [4.78, 5) is 43.2. The summed E-state index contributed by atoms with van der Waals surface area (Å²) in [7, 11) is 0. The van der Waals surface area contributed by atoms with Crippen LogP contribution in [-0.2, 0) is 16.1 Å². The number of aliphatic hydroxyl groups excluding tert-OH is 1. The molecule has 5 heterocycles. The molecular formula is C34H38F2N8O4. The molecule has 1 saturated heterocycles. The van der Waals surface area contributed by atoms with Crippen molar-refractivity contribution in [2.75, 3.05) is 25.0 Å². The molecule has 2 aliphatic carbocycles. The normalized spacial score (nSPS) is 25.6. The van der Waals surface area contributed by atoms with Crippen molar-refractivity contribution in [3.8, 4) is 11.1 Å². The first-order valence-corrected chi connectivity index (χ1v) is 16.3. The minimum atomic E-state index is -2.93. The molecule has 4 aromatic rings. The fraction of sp³-hybridized carbons (Fsp3) is 0.471. The van der Waals surface area contributed by atoms with Gasteiger partial charge in [-0.1, -0.05) is 0 Å². The number of hydrogen-bond acceptors (Lipinski definition) is 9. The molecule has 0 aromatic carbocycles. The van der Waals surface area contributed by atoms with Crippen LogP contribution >= 0.6 is 0 Å². The Bertz CT molecular complexity index is 1810. The zero-order chi connectivity index (χ0) is 33.6. The first-order valence-electron chi connectivity index (χ1n) is 16.3. The van der Waals surface area contributed by atoms with Gasteiger partial charge >= 0.3 is 0 Å². The maximum absolute atomic E-state index is 13.5. The second-order valence-corrected chi connectivity index (χ2v) is 13.2. The summed E-state index contributed by atoms with van der Waals surface area (Å²) in [5, 5.41) is 17.3. The first kappa shape index (κ1) is 32.2. The van der Waals surface area contributed by atoms with E-state index >= 15 is 0 Å². The molecule has 3 atom stereocenters. The first-order chi connectivity index (χ1) is 23.0. The van der Waals surface area contributed by atoms with E-state index in [4.69, 9.17) is 4.74 Å². The highest BCUT2D eigenvalue weighted by molar-refractivity contribution is 5.94. The van der Waals surface area contributed by atoms with Crippen molar-refractivity contribution in [1.29, 1.82) is 0 Å². The van der Waals surface area contributed by atoms with Crippen LogP contribution in [-0.4, -0.2) is 101 Å². The Morgan fingerprint density at radius 3 is 2.56 bits per heavy atom. The summed E-state index contributed by atoms with van der Waals surface area (Å²) >= 11 is 0. The minimum absolute atomic E-state index is 0.0318. The monoisotopic (exact) mass is 660 g/mol. The van der Waals surface area contributed by atoms with E-state index in [9.17, 15) is 23.5 Å². The number of halogens is 2. The molecule has 0 unspecified atom stereocenters. The number of carbonyl (C=O) groups excluding carboxylic acids is 2. The number of aliphatic hydroxyl groups is 1. The molecule has 1 aliphatic heterocycles. The maximum Gasteiger partial charge on any atom is 0.254 e. The number of rotatable bonds is 8. The lowest BCUT2D eigenvalue weighted by Crippen LogP contribution is -2.60. The zero-order valence-electron chi connectivity index (χ0n) is 26.8. The van der Waals surface area contributed by atoms with Gasteiger partial charge in [0.1, 0.15) is 6.61 Å². The van der Waals surface area contributed by atoms with Crippen molar-refractivity contribution in [1.82, 2.24) is 34.4 Å². The summed E-state index contributed by atoms with van der Waals surface area (Å²) in [6.45, 7) is 6.02. The van der Waals surface area contributed by atoms with Crippen LogP contribution in [0.25, 0.3) is 16.6 Å². The van der Waals surface area contributed by atoms with Gasteiger partial charge in [-0.3, -0.25) is 19.5 Å². The molecule has 3 aliphatic rings. The average Bonchev–Trinajstić information content (AvgIpc) is 3.56. The van der Waals surface area contributed by atoms with Gasteiger partial charge in [0.25, 0.3) is 11.8 Å². The predicted molar refractivity (Wildman–Crippen MR) is 171 cm³/mol. The lowest BCUT2D eigenvalue weighted by atomic mass is 9.78. The van der Waals surface area contributed by atoms with Gasteiger partial charge in [-0.15, -0.1) is 0 Å². The number of aryl methyl sites for hydroxylation is 1. The molecule has 252 valence electrons. The van der Waals surface area contributed by atoms with Crippen molar-refractivity contribution in [2.24, 2.45) is 5.92 Å². The number of alkyl halides is 2. The van der Waals surface area contributed by atoms with E-state index in [1.807, 2.05) is 36.1 Å². The molecule has 2 N–H and O–H groups in total. The van der Waals surface area contributed by atoms with E-state index in [1.54, 1.807) is 35.4 Å². The minimum Gasteiger partial charge on any atom is -0.390 e. The standard InChI is InChI=1S/C34H38F2N8O4/c1-20-9-23(3-5-37-20)33(47)42-7-8-43(21(2)18-42)26-11-24(12-26)32(46)40-30-13-27-10-22(4-6-44(27)41-30)25-16-38-31(39-17-25)19-48-29-15-34(35,36)14-28(29)45/h3-6,9-10,13,16-17,21,24,26,28-29,45H,7-8,11-12,14-15,18-19H2,1-2H3,(H,40,41,46)/t21-,24?,26?,28-,29-/m0/s1. The number of aromatic nitrogens is 5. The number of fused-ring (bicyclic) bond motifs is 1. The van der Waals surface area contributed by atoms with Crippen LogP contribution in [0.4, 0.5) is 14.6 Å². The molecule has 3 fully saturated rings. The Morgan fingerprint density at radius 1 is 1.06 bits per heavy atom. The number of pyridine rings is 2. The molecule has 48 heavy (non-hydrogen) atoms. The third-order valence-electron chi connectivity index (χ3n) is 9.68. The smallest absolute Gasteiger partial charge is 0.254 e. The van der Waals surface area contributed by atoms with E-state index in [0.717, 1.165) is 41.7 Å². The van der Waals surface area contributed by atoms with Gasteiger partial charge in [0.05, 0.1) is 17.7 Å². The Kier molecular flexibility index (Phi) is 8.64. The van der Waals surface area contributed by atoms with Crippen LogP contribution in [0.1, 0.15) is 54.5 Å². The van der Waals surface area contributed by atoms with Crippen LogP contribution < -0.4 is 5.32 Å². The quantitative estimate of drug-likeness (QED) is 0.290. The topological polar surface area (TPSA) is 138 Å². The molecule has 14 heteroatoms. The fourth-order valence-corrected chi connectivity index (χ4v) is 6.98. The lowest BCUT2D eigenvalue weighted by Gasteiger charge is -2.49. The number of ether oxygens (including phenoxy) is 1. The van der Waals surface area contributed by atoms with E-state index in [0.29, 0.717) is 36.3 Å². The molecular weight excluding hydrogens is 622 g/mol. The van der Waals surface area contributed by atoms with E-state index in [1.165, 1.54) is 0 Å². The van der Waals surface area contributed by atoms with Gasteiger partial charge in [-0.25, -0.2) is 23.3 Å². The van der Waals surface area contributed by atoms with Gasteiger partial charge in [-0.2, -0.15) is 5.10 Å². The third kappa shape index (κ3) is 6.78. The highest BCUT2D eigenvalue weighted by atomic mass is 19.3. The number of piperazine rings is 1. The maximum atomic E-state index is 13.5. The van der Waals surface area contributed by atoms with Gasteiger partial charge in [0, 0.05) is 98.2 Å². The number of nitrogens with one attached hydrogen (secondary N) is 1. The van der Waals surface area contributed by atoms with Crippen molar-refractivity contribution in [3.05, 3.63) is 72.2 Å². The summed E-state index contributed by atoms with van der Waals surface area (Å²) < 4.78 is 34.1. The fourth-order valence-electron chi connectivity index (χ4n) is 6.98. The summed E-state index contributed by atoms with van der Waals surface area (Å²) in [5.41, 5.74) is 3.85. The Hall–Kier alpha value is -4.40. The Morgan fingerprint density at radius 2 is 1.85 bits per heavy atom. The van der Waals surface area contributed by atoms with E-state index < -0.39 is 31.0 Å². The van der Waals surface area contributed by atoms with E-state index in [-0.39, 0.29) is 30.4 Å². The number of anilines is 1. The molecule has 2 saturated carbocycles. The van der Waals surface area contributed by atoms with Crippen LogP contribution in [0, 0.1) is 12.8 Å². The number of amides is 2. The van der Waals surface area contributed by atoms with Crippen LogP contribution in [0.15, 0.2) is 55.1 Å². The van der Waals surface area contributed by atoms with Gasteiger partial charge < -0.3 is 20.1 Å². The Balaban J connectivity index is 0.898. The molecule has 0 radical (unpaired) electrons. The second-order valence-electron chi connectivity index (χ2n) is 13.2. The molecule has 2 amide bonds. The molecule has 4 aromatic heterocycles. The summed E-state index contributed by atoms with van der Waals surface area (Å²) in [6.07, 6.45) is 4.97. The molecule has 0 spiro atoms.